The third-order valence-electron chi connectivity index (χ3n) is 6.13. The molecule has 9 nitrogen and oxygen atoms in total. The highest BCUT2D eigenvalue weighted by Crippen LogP contribution is 2.32. The van der Waals surface area contributed by atoms with E-state index in [1.54, 1.807) is 4.52 Å². The molecule has 0 spiro atoms. The summed E-state index contributed by atoms with van der Waals surface area (Å²) in [6, 6.07) is 7.86. The van der Waals surface area contributed by atoms with Crippen LogP contribution in [0.4, 0.5) is 0 Å². The Bertz CT molecular complexity index is 1350. The van der Waals surface area contributed by atoms with Crippen LogP contribution in [0.1, 0.15) is 53.6 Å². The first-order chi connectivity index (χ1) is 15.1. The molecule has 156 valence electrons. The summed E-state index contributed by atoms with van der Waals surface area (Å²) in [5.74, 6) is 0.921. The Morgan fingerprint density at radius 2 is 2.16 bits per heavy atom. The number of carbonyl (C=O) groups excluding carboxylic acids is 1. The number of rotatable bonds is 4. The minimum absolute atomic E-state index is 0.0583. The third kappa shape index (κ3) is 3.11. The zero-order valence-electron chi connectivity index (χ0n) is 17.5. The molecule has 0 radical (unpaired) electrons. The zero-order chi connectivity index (χ0) is 21.5. The van der Waals surface area contributed by atoms with Crippen LogP contribution in [0.15, 0.2) is 30.6 Å². The molecule has 1 amide bonds. The Kier molecular flexibility index (Phi) is 4.62. The standard InChI is InChI=1S/C22H22N8O/c1-14-17(15(2)30-21(25-14)16(12-23)13-24-30)8-9-20(31)28-11-5-6-18(28)22-27-26-19-7-3-4-10-29(19)22/h3-4,7,10,13,18H,5-6,8-9,11H2,1-2H3. The minimum Gasteiger partial charge on any atom is -0.332 e. The second kappa shape index (κ2) is 7.47. The van der Waals surface area contributed by atoms with Gasteiger partial charge in [-0.25, -0.2) is 9.50 Å². The molecular weight excluding hydrogens is 392 g/mol. The Morgan fingerprint density at radius 3 is 3.00 bits per heavy atom. The van der Waals surface area contributed by atoms with Gasteiger partial charge in [0.2, 0.25) is 5.91 Å². The van der Waals surface area contributed by atoms with Gasteiger partial charge in [-0.2, -0.15) is 10.4 Å². The number of fused-ring (bicyclic) bond motifs is 2. The van der Waals surface area contributed by atoms with Crippen LogP contribution in [0.25, 0.3) is 11.3 Å². The van der Waals surface area contributed by atoms with Crippen molar-refractivity contribution in [1.29, 1.82) is 5.26 Å². The number of amides is 1. The van der Waals surface area contributed by atoms with Crippen molar-refractivity contribution < 1.29 is 4.79 Å². The molecule has 5 heterocycles. The van der Waals surface area contributed by atoms with Crippen LogP contribution in [0.5, 0.6) is 0 Å². The van der Waals surface area contributed by atoms with Gasteiger partial charge >= 0.3 is 0 Å². The summed E-state index contributed by atoms with van der Waals surface area (Å²) in [7, 11) is 0. The summed E-state index contributed by atoms with van der Waals surface area (Å²) < 4.78 is 3.65. The Morgan fingerprint density at radius 1 is 1.29 bits per heavy atom. The lowest BCUT2D eigenvalue weighted by atomic mass is 10.1. The van der Waals surface area contributed by atoms with E-state index in [-0.39, 0.29) is 11.9 Å². The SMILES string of the molecule is Cc1nc2c(C#N)cnn2c(C)c1CCC(=O)N1CCCC1c1nnc2ccccn12. The van der Waals surface area contributed by atoms with Gasteiger partial charge in [-0.1, -0.05) is 6.07 Å². The van der Waals surface area contributed by atoms with E-state index in [0.29, 0.717) is 24.1 Å². The summed E-state index contributed by atoms with van der Waals surface area (Å²) in [5, 5.41) is 22.1. The van der Waals surface area contributed by atoms with E-state index in [1.165, 1.54) is 6.20 Å². The van der Waals surface area contributed by atoms with Gasteiger partial charge in [-0.15, -0.1) is 10.2 Å². The Labute approximate surface area is 178 Å². The summed E-state index contributed by atoms with van der Waals surface area (Å²) in [6.45, 7) is 4.60. The number of carbonyl (C=O) groups is 1. The van der Waals surface area contributed by atoms with E-state index in [4.69, 9.17) is 0 Å². The fraction of sp³-hybridized carbons (Fsp3) is 0.364. The summed E-state index contributed by atoms with van der Waals surface area (Å²) in [4.78, 5) is 19.7. The number of aryl methyl sites for hydroxylation is 2. The van der Waals surface area contributed by atoms with Gasteiger partial charge in [0.1, 0.15) is 11.6 Å². The fourth-order valence-electron chi connectivity index (χ4n) is 4.55. The first kappa shape index (κ1) is 19.2. The van der Waals surface area contributed by atoms with Gasteiger partial charge in [0.25, 0.3) is 0 Å². The van der Waals surface area contributed by atoms with Crippen molar-refractivity contribution >= 4 is 17.2 Å². The molecule has 1 aliphatic heterocycles. The maximum Gasteiger partial charge on any atom is 0.223 e. The molecule has 4 aromatic rings. The highest BCUT2D eigenvalue weighted by Gasteiger charge is 2.33. The number of pyridine rings is 1. The third-order valence-corrected chi connectivity index (χ3v) is 6.13. The number of likely N-dealkylation sites (tertiary alicyclic amines) is 1. The molecule has 9 heteroatoms. The average molecular weight is 414 g/mol. The first-order valence-electron chi connectivity index (χ1n) is 10.4. The molecule has 0 bridgehead atoms. The van der Waals surface area contributed by atoms with Crippen LogP contribution in [0, 0.1) is 25.2 Å². The van der Waals surface area contributed by atoms with E-state index in [0.717, 1.165) is 47.8 Å². The van der Waals surface area contributed by atoms with Crippen LogP contribution >= 0.6 is 0 Å². The lowest BCUT2D eigenvalue weighted by Crippen LogP contribution is -2.31. The molecule has 0 N–H and O–H groups in total. The molecular formula is C22H22N8O. The number of hydrogen-bond acceptors (Lipinski definition) is 6. The van der Waals surface area contributed by atoms with Crippen molar-refractivity contribution in [2.24, 2.45) is 0 Å². The van der Waals surface area contributed by atoms with Gasteiger partial charge in [-0.05, 0) is 50.8 Å². The predicted octanol–water partition coefficient (Wildman–Crippen LogP) is 2.56. The fourth-order valence-corrected chi connectivity index (χ4v) is 4.55. The lowest BCUT2D eigenvalue weighted by molar-refractivity contribution is -0.132. The topological polar surface area (TPSA) is 104 Å². The Balaban J connectivity index is 1.37. The van der Waals surface area contributed by atoms with Crippen molar-refractivity contribution in [2.45, 2.75) is 45.6 Å². The monoisotopic (exact) mass is 414 g/mol. The summed E-state index contributed by atoms with van der Waals surface area (Å²) in [6.07, 6.45) is 6.27. The molecule has 4 aromatic heterocycles. The minimum atomic E-state index is -0.0583. The second-order valence-electron chi connectivity index (χ2n) is 7.90. The highest BCUT2D eigenvalue weighted by molar-refractivity contribution is 5.77. The maximum absolute atomic E-state index is 13.2. The van der Waals surface area contributed by atoms with Crippen molar-refractivity contribution in [1.82, 2.24) is 34.1 Å². The molecule has 5 rings (SSSR count). The number of nitrogens with zero attached hydrogens (tertiary/aromatic N) is 8. The molecule has 0 aliphatic carbocycles. The van der Waals surface area contributed by atoms with E-state index in [1.807, 2.05) is 47.5 Å². The predicted molar refractivity (Wildman–Crippen MR) is 112 cm³/mol. The van der Waals surface area contributed by atoms with E-state index in [2.05, 4.69) is 26.3 Å². The summed E-state index contributed by atoms with van der Waals surface area (Å²) in [5.41, 5.74) is 4.55. The van der Waals surface area contributed by atoms with Crippen molar-refractivity contribution in [2.75, 3.05) is 6.54 Å². The van der Waals surface area contributed by atoms with Gasteiger partial charge < -0.3 is 4.90 Å². The van der Waals surface area contributed by atoms with Gasteiger partial charge in [0.05, 0.1) is 12.2 Å². The second-order valence-corrected chi connectivity index (χ2v) is 7.90. The van der Waals surface area contributed by atoms with Crippen LogP contribution in [0.2, 0.25) is 0 Å². The summed E-state index contributed by atoms with van der Waals surface area (Å²) >= 11 is 0. The normalized spacial score (nSPS) is 16.3. The quantitative estimate of drug-likeness (QED) is 0.508. The molecule has 1 fully saturated rings. The number of aromatic nitrogens is 6. The van der Waals surface area contributed by atoms with E-state index < -0.39 is 0 Å². The van der Waals surface area contributed by atoms with Crippen LogP contribution < -0.4 is 0 Å². The zero-order valence-corrected chi connectivity index (χ0v) is 17.5. The van der Waals surface area contributed by atoms with Crippen molar-refractivity contribution in [3.63, 3.8) is 0 Å². The highest BCUT2D eigenvalue weighted by atomic mass is 16.2. The number of hydrogen-bond donors (Lipinski definition) is 0. The largest absolute Gasteiger partial charge is 0.332 e. The molecule has 1 atom stereocenters. The average Bonchev–Trinajstić information content (AvgIpc) is 3.50. The van der Waals surface area contributed by atoms with E-state index in [9.17, 15) is 10.1 Å². The molecule has 1 saturated heterocycles. The molecule has 1 aliphatic rings. The molecule has 1 unspecified atom stereocenters. The first-order valence-corrected chi connectivity index (χ1v) is 10.4. The van der Waals surface area contributed by atoms with Crippen molar-refractivity contribution in [3.05, 3.63) is 58.9 Å². The van der Waals surface area contributed by atoms with Crippen LogP contribution in [-0.4, -0.2) is 46.5 Å². The maximum atomic E-state index is 13.2. The molecule has 31 heavy (non-hydrogen) atoms. The van der Waals surface area contributed by atoms with Gasteiger partial charge in [0, 0.05) is 30.6 Å². The van der Waals surface area contributed by atoms with Crippen molar-refractivity contribution in [3.8, 4) is 6.07 Å². The van der Waals surface area contributed by atoms with Gasteiger partial charge in [0.15, 0.2) is 17.1 Å². The lowest BCUT2D eigenvalue weighted by Gasteiger charge is -2.24. The Hall–Kier alpha value is -3.80. The van der Waals surface area contributed by atoms with Crippen LogP contribution in [-0.2, 0) is 11.2 Å². The molecule has 0 aromatic carbocycles. The smallest absolute Gasteiger partial charge is 0.223 e. The van der Waals surface area contributed by atoms with E-state index >= 15 is 0 Å². The van der Waals surface area contributed by atoms with Crippen LogP contribution in [0.3, 0.4) is 0 Å². The number of nitriles is 1. The molecule has 0 saturated carbocycles. The van der Waals surface area contributed by atoms with Gasteiger partial charge in [-0.3, -0.25) is 9.20 Å².